The van der Waals surface area contributed by atoms with E-state index in [1.54, 1.807) is 0 Å². The Bertz CT molecular complexity index is 264. The third kappa shape index (κ3) is 3.79. The molecule has 0 spiro atoms. The molecule has 0 aromatic carbocycles. The van der Waals surface area contributed by atoms with Gasteiger partial charge < -0.3 is 14.6 Å². The molecule has 2 rings (SSSR count). The number of carbonyl (C=O) groups excluding carboxylic acids is 1. The van der Waals surface area contributed by atoms with Crippen LogP contribution in [0.5, 0.6) is 0 Å². The Morgan fingerprint density at radius 3 is 2.22 bits per heavy atom. The highest BCUT2D eigenvalue weighted by molar-refractivity contribution is 5.58. The molecule has 2 saturated heterocycles. The average molecular weight is 252 g/mol. The Labute approximate surface area is 112 Å². The Morgan fingerprint density at radius 1 is 1.06 bits per heavy atom. The quantitative estimate of drug-likeness (QED) is 0.716. The van der Waals surface area contributed by atoms with Gasteiger partial charge in [0, 0.05) is 18.0 Å². The fourth-order valence-electron chi connectivity index (χ4n) is 3.34. The van der Waals surface area contributed by atoms with Crippen LogP contribution >= 0.6 is 0 Å². The molecule has 3 heteroatoms. The van der Waals surface area contributed by atoms with E-state index in [9.17, 15) is 4.79 Å². The summed E-state index contributed by atoms with van der Waals surface area (Å²) < 4.78 is 0. The molecule has 0 N–H and O–H groups in total. The van der Waals surface area contributed by atoms with E-state index in [2.05, 4.69) is 9.80 Å². The second-order valence-corrected chi connectivity index (χ2v) is 6.71. The van der Waals surface area contributed by atoms with Crippen LogP contribution in [0.25, 0.3) is 0 Å². The predicted molar refractivity (Wildman–Crippen MR) is 74.7 cm³/mol. The van der Waals surface area contributed by atoms with Crippen molar-refractivity contribution in [1.29, 1.82) is 0 Å². The molecule has 0 aromatic heterocycles. The van der Waals surface area contributed by atoms with Gasteiger partial charge in [0.15, 0.2) is 0 Å². The maximum absolute atomic E-state index is 11.0. The normalized spacial score (nSPS) is 25.2. The molecule has 3 nitrogen and oxygen atoms in total. The second kappa shape index (κ2) is 6.16. The summed E-state index contributed by atoms with van der Waals surface area (Å²) in [4.78, 5) is 16.1. The van der Waals surface area contributed by atoms with E-state index in [1.165, 1.54) is 58.3 Å². The summed E-state index contributed by atoms with van der Waals surface area (Å²) in [7, 11) is 0. The van der Waals surface area contributed by atoms with Gasteiger partial charge in [-0.15, -0.1) is 0 Å². The molecule has 0 aromatic rings. The van der Waals surface area contributed by atoms with Crippen molar-refractivity contribution in [3.05, 3.63) is 0 Å². The van der Waals surface area contributed by atoms with E-state index in [1.807, 2.05) is 13.8 Å². The van der Waals surface area contributed by atoms with Crippen LogP contribution < -0.4 is 0 Å². The fraction of sp³-hybridized carbons (Fsp3) is 0.933. The van der Waals surface area contributed by atoms with Gasteiger partial charge in [-0.3, -0.25) is 0 Å². The van der Waals surface area contributed by atoms with Crippen LogP contribution in [-0.2, 0) is 4.79 Å². The molecule has 18 heavy (non-hydrogen) atoms. The lowest BCUT2D eigenvalue weighted by Gasteiger charge is -2.41. The zero-order valence-corrected chi connectivity index (χ0v) is 12.0. The van der Waals surface area contributed by atoms with Crippen molar-refractivity contribution in [3.63, 3.8) is 0 Å². The molecule has 0 unspecified atom stereocenters. The first-order valence-corrected chi connectivity index (χ1v) is 7.53. The van der Waals surface area contributed by atoms with Crippen LogP contribution in [0.4, 0.5) is 0 Å². The lowest BCUT2D eigenvalue weighted by atomic mass is 9.93. The zero-order chi connectivity index (χ0) is 13.0. The molecule has 2 fully saturated rings. The third-order valence-corrected chi connectivity index (χ3v) is 4.41. The number of carbonyl (C=O) groups is 1. The van der Waals surface area contributed by atoms with Crippen LogP contribution in [0.15, 0.2) is 0 Å². The second-order valence-electron chi connectivity index (χ2n) is 6.71. The highest BCUT2D eigenvalue weighted by Crippen LogP contribution is 2.23. The van der Waals surface area contributed by atoms with Crippen molar-refractivity contribution in [2.45, 2.75) is 52.0 Å². The van der Waals surface area contributed by atoms with Crippen molar-refractivity contribution >= 4 is 6.29 Å². The van der Waals surface area contributed by atoms with E-state index in [0.717, 1.165) is 18.9 Å². The summed E-state index contributed by atoms with van der Waals surface area (Å²) in [5.74, 6) is 0. The lowest BCUT2D eigenvalue weighted by molar-refractivity contribution is -0.115. The molecular formula is C15H28N2O. The van der Waals surface area contributed by atoms with Gasteiger partial charge in [-0.05, 0) is 51.9 Å². The van der Waals surface area contributed by atoms with Gasteiger partial charge >= 0.3 is 0 Å². The van der Waals surface area contributed by atoms with Crippen molar-refractivity contribution in [2.24, 2.45) is 5.41 Å². The molecule has 2 aliphatic heterocycles. The Balaban J connectivity index is 1.75. The van der Waals surface area contributed by atoms with Gasteiger partial charge in [0.2, 0.25) is 0 Å². The molecule has 0 aliphatic carbocycles. The molecule has 0 radical (unpaired) electrons. The first kappa shape index (κ1) is 14.0. The summed E-state index contributed by atoms with van der Waals surface area (Å²) in [5, 5.41) is 0. The maximum atomic E-state index is 11.0. The SMILES string of the molecule is CC(C)(C=O)CN1CCC(N2CCCCC2)CC1. The highest BCUT2D eigenvalue weighted by atomic mass is 16.1. The molecule has 104 valence electrons. The lowest BCUT2D eigenvalue weighted by Crippen LogP contribution is -2.48. The molecular weight excluding hydrogens is 224 g/mol. The van der Waals surface area contributed by atoms with Gasteiger partial charge in [0.1, 0.15) is 6.29 Å². The summed E-state index contributed by atoms with van der Waals surface area (Å²) in [6.07, 6.45) is 7.87. The summed E-state index contributed by atoms with van der Waals surface area (Å²) in [5.41, 5.74) is -0.183. The van der Waals surface area contributed by atoms with Gasteiger partial charge in [-0.1, -0.05) is 20.3 Å². The number of piperidine rings is 2. The van der Waals surface area contributed by atoms with Gasteiger partial charge in [0.25, 0.3) is 0 Å². The molecule has 0 bridgehead atoms. The van der Waals surface area contributed by atoms with Gasteiger partial charge in [-0.25, -0.2) is 0 Å². The zero-order valence-electron chi connectivity index (χ0n) is 12.0. The number of rotatable bonds is 4. The standard InChI is InChI=1S/C15H28N2O/c1-15(2,13-18)12-16-10-6-14(7-11-16)17-8-4-3-5-9-17/h13-14H,3-12H2,1-2H3. The topological polar surface area (TPSA) is 23.6 Å². The van der Waals surface area contributed by atoms with E-state index in [0.29, 0.717) is 0 Å². The summed E-state index contributed by atoms with van der Waals surface area (Å²) in [6.45, 7) is 9.95. The first-order chi connectivity index (χ1) is 8.61. The Hall–Kier alpha value is -0.410. The molecule has 0 saturated carbocycles. The van der Waals surface area contributed by atoms with E-state index >= 15 is 0 Å². The van der Waals surface area contributed by atoms with Crippen molar-refractivity contribution in [2.75, 3.05) is 32.7 Å². The van der Waals surface area contributed by atoms with Crippen LogP contribution in [0.1, 0.15) is 46.0 Å². The fourth-order valence-corrected chi connectivity index (χ4v) is 3.34. The van der Waals surface area contributed by atoms with Crippen molar-refractivity contribution in [3.8, 4) is 0 Å². The van der Waals surface area contributed by atoms with Crippen LogP contribution in [0.2, 0.25) is 0 Å². The molecule has 0 amide bonds. The molecule has 2 aliphatic rings. The van der Waals surface area contributed by atoms with Gasteiger partial charge in [-0.2, -0.15) is 0 Å². The monoisotopic (exact) mass is 252 g/mol. The number of hydrogen-bond donors (Lipinski definition) is 0. The van der Waals surface area contributed by atoms with E-state index in [4.69, 9.17) is 0 Å². The number of likely N-dealkylation sites (tertiary alicyclic amines) is 2. The summed E-state index contributed by atoms with van der Waals surface area (Å²) in [6, 6.07) is 0.806. The van der Waals surface area contributed by atoms with Crippen LogP contribution in [0, 0.1) is 5.41 Å². The number of hydrogen-bond acceptors (Lipinski definition) is 3. The third-order valence-electron chi connectivity index (χ3n) is 4.41. The molecule has 0 atom stereocenters. The number of aldehydes is 1. The highest BCUT2D eigenvalue weighted by Gasteiger charge is 2.28. The minimum absolute atomic E-state index is 0.183. The van der Waals surface area contributed by atoms with E-state index in [-0.39, 0.29) is 5.41 Å². The van der Waals surface area contributed by atoms with Crippen LogP contribution in [-0.4, -0.2) is 54.9 Å². The van der Waals surface area contributed by atoms with E-state index < -0.39 is 0 Å². The van der Waals surface area contributed by atoms with Gasteiger partial charge in [0.05, 0.1) is 0 Å². The molecule has 2 heterocycles. The predicted octanol–water partition coefficient (Wildman–Crippen LogP) is 2.16. The summed E-state index contributed by atoms with van der Waals surface area (Å²) >= 11 is 0. The van der Waals surface area contributed by atoms with Crippen LogP contribution in [0.3, 0.4) is 0 Å². The van der Waals surface area contributed by atoms with Crippen molar-refractivity contribution in [1.82, 2.24) is 9.80 Å². The minimum Gasteiger partial charge on any atom is -0.303 e. The average Bonchev–Trinajstić information content (AvgIpc) is 2.40. The maximum Gasteiger partial charge on any atom is 0.126 e. The Morgan fingerprint density at radius 2 is 1.67 bits per heavy atom. The minimum atomic E-state index is -0.183. The smallest absolute Gasteiger partial charge is 0.126 e. The number of nitrogens with zero attached hydrogens (tertiary/aromatic N) is 2. The largest absolute Gasteiger partial charge is 0.303 e. The van der Waals surface area contributed by atoms with Crippen molar-refractivity contribution < 1.29 is 4.79 Å². The Kier molecular flexibility index (Phi) is 4.79. The first-order valence-electron chi connectivity index (χ1n) is 7.53.